The number of rotatable bonds is 2. The summed E-state index contributed by atoms with van der Waals surface area (Å²) in [6.07, 6.45) is 0. The van der Waals surface area contributed by atoms with Crippen molar-refractivity contribution < 1.29 is 9.90 Å². The fourth-order valence-corrected chi connectivity index (χ4v) is 0.715. The number of aliphatic hydroxyl groups is 1. The van der Waals surface area contributed by atoms with Gasteiger partial charge in [0, 0.05) is 5.56 Å². The second kappa shape index (κ2) is 5.43. The Morgan fingerprint density at radius 3 is 2.27 bits per heavy atom. The van der Waals surface area contributed by atoms with Gasteiger partial charge in [-0.25, -0.2) is 0 Å². The minimum absolute atomic E-state index is 0. The van der Waals surface area contributed by atoms with E-state index in [1.165, 1.54) is 0 Å². The molecule has 0 unspecified atom stereocenters. The molecule has 0 aliphatic heterocycles. The van der Waals surface area contributed by atoms with Gasteiger partial charge in [0.2, 0.25) is 0 Å². The first-order valence-corrected chi connectivity index (χ1v) is 3.03. The molecule has 0 aliphatic carbocycles. The number of hydrogen-bond acceptors (Lipinski definition) is 2. The predicted octanol–water partition coefficient (Wildman–Crippen LogP) is -0.0546. The van der Waals surface area contributed by atoms with Crippen LogP contribution in [0.2, 0.25) is 0 Å². The average Bonchev–Trinajstić information content (AvgIpc) is 2.05. The van der Waals surface area contributed by atoms with Crippen molar-refractivity contribution in [1.29, 1.82) is 0 Å². The van der Waals surface area contributed by atoms with Crippen LogP contribution < -0.4 is 0 Å². The fourth-order valence-electron chi connectivity index (χ4n) is 0.715. The molecule has 11 heavy (non-hydrogen) atoms. The van der Waals surface area contributed by atoms with Gasteiger partial charge in [0.25, 0.3) is 0 Å². The molecule has 0 amide bonds. The van der Waals surface area contributed by atoms with E-state index in [9.17, 15) is 4.79 Å². The van der Waals surface area contributed by atoms with E-state index < -0.39 is 6.61 Å². The Morgan fingerprint density at radius 1 is 1.27 bits per heavy atom. The normalized spacial score (nSPS) is 8.45. The first-order valence-electron chi connectivity index (χ1n) is 3.03. The third-order valence-corrected chi connectivity index (χ3v) is 1.24. The van der Waals surface area contributed by atoms with E-state index in [4.69, 9.17) is 5.11 Å². The molecule has 1 N–H and O–H groups in total. The molecule has 2 radical (unpaired) electrons. The van der Waals surface area contributed by atoms with Gasteiger partial charge in [-0.2, -0.15) is 0 Å². The van der Waals surface area contributed by atoms with Gasteiger partial charge >= 0.3 is 27.3 Å². The Hall–Kier alpha value is -0.228. The summed E-state index contributed by atoms with van der Waals surface area (Å²) < 4.78 is 0. The maximum absolute atomic E-state index is 10.8. The van der Waals surface area contributed by atoms with Gasteiger partial charge in [0.05, 0.1) is 0 Å². The van der Waals surface area contributed by atoms with Gasteiger partial charge in [-0.3, -0.25) is 4.79 Å². The molecule has 0 fully saturated rings. The molecule has 1 rings (SSSR count). The third kappa shape index (κ3) is 3.11. The third-order valence-electron chi connectivity index (χ3n) is 1.24. The van der Waals surface area contributed by atoms with Crippen molar-refractivity contribution in [2.45, 2.75) is 0 Å². The van der Waals surface area contributed by atoms with Crippen LogP contribution in [0.3, 0.4) is 0 Å². The molecule has 0 spiro atoms. The average molecular weight is 345 g/mol. The van der Waals surface area contributed by atoms with E-state index in [-0.39, 0.29) is 33.1 Å². The molecule has 0 bridgehead atoms. The van der Waals surface area contributed by atoms with E-state index >= 15 is 0 Å². The van der Waals surface area contributed by atoms with Gasteiger partial charge in [0.1, 0.15) is 6.61 Å². The van der Waals surface area contributed by atoms with Gasteiger partial charge in [-0.05, 0) is 0 Å². The molecule has 1 aromatic rings. The number of Topliss-reactive ketones (excluding diaryl/α,β-unsaturated/α-hetero) is 1. The van der Waals surface area contributed by atoms with Crippen molar-refractivity contribution in [3.05, 3.63) is 35.9 Å². The zero-order chi connectivity index (χ0) is 7.40. The number of benzene rings is 1. The van der Waals surface area contributed by atoms with Crippen LogP contribution in [-0.4, -0.2) is 44.8 Å². The molecule has 0 saturated heterocycles. The van der Waals surface area contributed by atoms with Crippen molar-refractivity contribution in [1.82, 2.24) is 0 Å². The quantitative estimate of drug-likeness (QED) is 0.603. The van der Waals surface area contributed by atoms with Gasteiger partial charge < -0.3 is 5.11 Å². The van der Waals surface area contributed by atoms with Gasteiger partial charge in [0.15, 0.2) is 5.78 Å². The summed E-state index contributed by atoms with van der Waals surface area (Å²) in [5, 5.41) is 8.44. The van der Waals surface area contributed by atoms with E-state index in [1.807, 2.05) is 6.07 Å². The standard InChI is InChI=1S/C8H8O2.Pb.2H/c9-6-8(10)7-4-2-1-3-5-7;;;/h1-5,9H,6H2;;;. The van der Waals surface area contributed by atoms with Gasteiger partial charge in [-0.1, -0.05) is 30.3 Å². The molecule has 2 nitrogen and oxygen atoms in total. The molecule has 0 saturated carbocycles. The number of carbonyl (C=O) groups excluding carboxylic acids is 1. The molecular formula is C8H10O2Pb. The van der Waals surface area contributed by atoms with Crippen molar-refractivity contribution in [3.8, 4) is 0 Å². The number of ketones is 1. The van der Waals surface area contributed by atoms with Crippen LogP contribution in [0.1, 0.15) is 10.4 Å². The SMILES string of the molecule is O=C(CO)c1ccccc1.[PbH2]. The second-order valence-electron chi connectivity index (χ2n) is 1.95. The van der Waals surface area contributed by atoms with Crippen LogP contribution in [0.4, 0.5) is 0 Å². The fraction of sp³-hybridized carbons (Fsp3) is 0.125. The van der Waals surface area contributed by atoms with Crippen LogP contribution >= 0.6 is 0 Å². The van der Waals surface area contributed by atoms with E-state index in [1.54, 1.807) is 24.3 Å². The first-order chi connectivity index (χ1) is 4.84. The monoisotopic (exact) mass is 346 g/mol. The molecule has 58 valence electrons. The zero-order valence-electron chi connectivity index (χ0n) is 6.16. The van der Waals surface area contributed by atoms with Crippen LogP contribution in [0, 0.1) is 0 Å². The summed E-state index contributed by atoms with van der Waals surface area (Å²) in [4.78, 5) is 10.8. The Bertz CT molecular complexity index is 221. The van der Waals surface area contributed by atoms with Crippen molar-refractivity contribution in [3.63, 3.8) is 0 Å². The molecule has 0 heterocycles. The Kier molecular flexibility index (Phi) is 5.31. The minimum atomic E-state index is -0.413. The summed E-state index contributed by atoms with van der Waals surface area (Å²) in [6, 6.07) is 8.72. The predicted molar refractivity (Wildman–Crippen MR) is 46.4 cm³/mol. The van der Waals surface area contributed by atoms with Crippen LogP contribution in [-0.2, 0) is 0 Å². The topological polar surface area (TPSA) is 37.3 Å². The van der Waals surface area contributed by atoms with E-state index in [0.717, 1.165) is 0 Å². The van der Waals surface area contributed by atoms with E-state index in [2.05, 4.69) is 0 Å². The molecule has 0 atom stereocenters. The molecule has 0 aromatic heterocycles. The maximum atomic E-state index is 10.8. The van der Waals surface area contributed by atoms with Crippen LogP contribution in [0.25, 0.3) is 0 Å². The molecule has 3 heteroatoms. The summed E-state index contributed by atoms with van der Waals surface area (Å²) in [6.45, 7) is -0.413. The van der Waals surface area contributed by atoms with Crippen molar-refractivity contribution in [2.24, 2.45) is 0 Å². The summed E-state index contributed by atoms with van der Waals surface area (Å²) >= 11 is 0. The number of carbonyl (C=O) groups is 1. The second-order valence-corrected chi connectivity index (χ2v) is 1.95. The molecular weight excluding hydrogens is 335 g/mol. The molecule has 1 aromatic carbocycles. The Morgan fingerprint density at radius 2 is 1.82 bits per heavy atom. The summed E-state index contributed by atoms with van der Waals surface area (Å²) in [5.74, 6) is -0.236. The number of aliphatic hydroxyl groups excluding tert-OH is 1. The van der Waals surface area contributed by atoms with E-state index in [0.29, 0.717) is 5.56 Å². The zero-order valence-corrected chi connectivity index (χ0v) is 11.7. The van der Waals surface area contributed by atoms with Crippen LogP contribution in [0.15, 0.2) is 30.3 Å². The van der Waals surface area contributed by atoms with Crippen LogP contribution in [0.5, 0.6) is 0 Å². The summed E-state index contributed by atoms with van der Waals surface area (Å²) in [7, 11) is 0. The first kappa shape index (κ1) is 10.8. The summed E-state index contributed by atoms with van der Waals surface area (Å²) in [5.41, 5.74) is 0.560. The van der Waals surface area contributed by atoms with Crippen molar-refractivity contribution in [2.75, 3.05) is 6.61 Å². The number of hydrogen-bond donors (Lipinski definition) is 1. The molecule has 0 aliphatic rings. The van der Waals surface area contributed by atoms with Crippen molar-refractivity contribution >= 4 is 33.1 Å². The van der Waals surface area contributed by atoms with Gasteiger partial charge in [-0.15, -0.1) is 0 Å². The Labute approximate surface area is 85.4 Å². The Balaban J connectivity index is 0.000001000.